The molecule has 2 heterocycles. The fourth-order valence-electron chi connectivity index (χ4n) is 3.14. The van der Waals surface area contributed by atoms with Gasteiger partial charge in [0.25, 0.3) is 0 Å². The van der Waals surface area contributed by atoms with Crippen LogP contribution in [0.3, 0.4) is 0 Å². The van der Waals surface area contributed by atoms with E-state index in [-0.39, 0.29) is 24.2 Å². The molecule has 3 aromatic rings. The van der Waals surface area contributed by atoms with Gasteiger partial charge in [0.1, 0.15) is 0 Å². The molecular weight excluding hydrogens is 352 g/mol. The Morgan fingerprint density at radius 1 is 1.23 bits per heavy atom. The standard InChI is InChI=1S/C19H17ClN4O2/c20-14-7-5-12(6-8-14)10-24-11-13(9-17(24)25)18(26)23-19-21-15-3-1-2-4-16(15)22-19/h1-8,13H,9-11H2,(H2,21,22,23,26). The highest BCUT2D eigenvalue weighted by molar-refractivity contribution is 6.30. The van der Waals surface area contributed by atoms with E-state index in [0.29, 0.717) is 24.1 Å². The zero-order chi connectivity index (χ0) is 18.1. The number of carbonyl (C=O) groups is 2. The molecule has 26 heavy (non-hydrogen) atoms. The molecule has 0 bridgehead atoms. The zero-order valence-electron chi connectivity index (χ0n) is 13.9. The van der Waals surface area contributed by atoms with Crippen LogP contribution in [0, 0.1) is 5.92 Å². The first-order valence-electron chi connectivity index (χ1n) is 8.36. The third-order valence-corrected chi connectivity index (χ3v) is 4.75. The van der Waals surface area contributed by atoms with E-state index in [2.05, 4.69) is 15.3 Å². The second-order valence-corrected chi connectivity index (χ2v) is 6.83. The van der Waals surface area contributed by atoms with Crippen molar-refractivity contribution < 1.29 is 9.59 Å². The topological polar surface area (TPSA) is 78.1 Å². The SMILES string of the molecule is O=C(Nc1nc2ccccc2[nH]1)C1CC(=O)N(Cc2ccc(Cl)cc2)C1. The zero-order valence-corrected chi connectivity index (χ0v) is 14.7. The van der Waals surface area contributed by atoms with Crippen LogP contribution in [0.4, 0.5) is 5.95 Å². The lowest BCUT2D eigenvalue weighted by Gasteiger charge is -2.16. The highest BCUT2D eigenvalue weighted by Crippen LogP contribution is 2.22. The summed E-state index contributed by atoms with van der Waals surface area (Å²) in [5.74, 6) is -0.205. The number of anilines is 1. The van der Waals surface area contributed by atoms with Crippen molar-refractivity contribution in [3.8, 4) is 0 Å². The molecule has 6 nitrogen and oxygen atoms in total. The lowest BCUT2D eigenvalue weighted by atomic mass is 10.1. The summed E-state index contributed by atoms with van der Waals surface area (Å²) in [4.78, 5) is 33.9. The van der Waals surface area contributed by atoms with Gasteiger partial charge in [0, 0.05) is 24.5 Å². The van der Waals surface area contributed by atoms with Crippen LogP contribution in [0.2, 0.25) is 5.02 Å². The van der Waals surface area contributed by atoms with E-state index < -0.39 is 0 Å². The summed E-state index contributed by atoms with van der Waals surface area (Å²) >= 11 is 5.89. The van der Waals surface area contributed by atoms with Gasteiger partial charge in [-0.25, -0.2) is 4.98 Å². The molecular formula is C19H17ClN4O2. The Hall–Kier alpha value is -2.86. The molecule has 1 saturated heterocycles. The fraction of sp³-hybridized carbons (Fsp3) is 0.211. The molecule has 4 rings (SSSR count). The van der Waals surface area contributed by atoms with E-state index in [4.69, 9.17) is 11.6 Å². The minimum absolute atomic E-state index is 0.0234. The number of hydrogen-bond acceptors (Lipinski definition) is 3. The Morgan fingerprint density at radius 3 is 2.77 bits per heavy atom. The lowest BCUT2D eigenvalue weighted by Crippen LogP contribution is -2.28. The number of likely N-dealkylation sites (tertiary alicyclic amines) is 1. The van der Waals surface area contributed by atoms with E-state index >= 15 is 0 Å². The van der Waals surface area contributed by atoms with Crippen LogP contribution >= 0.6 is 11.6 Å². The minimum atomic E-state index is -0.386. The minimum Gasteiger partial charge on any atom is -0.338 e. The van der Waals surface area contributed by atoms with Gasteiger partial charge in [-0.2, -0.15) is 0 Å². The van der Waals surface area contributed by atoms with Crippen LogP contribution in [0.1, 0.15) is 12.0 Å². The van der Waals surface area contributed by atoms with Crippen molar-refractivity contribution in [3.05, 3.63) is 59.1 Å². The number of benzene rings is 2. The van der Waals surface area contributed by atoms with E-state index in [0.717, 1.165) is 16.6 Å². The number of rotatable bonds is 4. The van der Waals surface area contributed by atoms with Gasteiger partial charge in [0.2, 0.25) is 17.8 Å². The number of hydrogen-bond donors (Lipinski definition) is 2. The van der Waals surface area contributed by atoms with Crippen LogP contribution < -0.4 is 5.32 Å². The maximum absolute atomic E-state index is 12.5. The average Bonchev–Trinajstić information content (AvgIpc) is 3.20. The summed E-state index contributed by atoms with van der Waals surface area (Å²) < 4.78 is 0. The van der Waals surface area contributed by atoms with Gasteiger partial charge in [0.15, 0.2) is 0 Å². The Labute approximate surface area is 155 Å². The van der Waals surface area contributed by atoms with Crippen LogP contribution in [-0.4, -0.2) is 33.2 Å². The first kappa shape index (κ1) is 16.6. The molecule has 7 heteroatoms. The van der Waals surface area contributed by atoms with Crippen LogP contribution in [0.25, 0.3) is 11.0 Å². The van der Waals surface area contributed by atoms with E-state index in [1.807, 2.05) is 36.4 Å². The van der Waals surface area contributed by atoms with Crippen molar-refractivity contribution in [2.45, 2.75) is 13.0 Å². The van der Waals surface area contributed by atoms with Gasteiger partial charge in [-0.3, -0.25) is 14.9 Å². The second kappa shape index (κ2) is 6.80. The Kier molecular flexibility index (Phi) is 4.34. The molecule has 0 spiro atoms. The third-order valence-electron chi connectivity index (χ3n) is 4.50. The monoisotopic (exact) mass is 368 g/mol. The molecule has 0 aliphatic carbocycles. The molecule has 0 saturated carbocycles. The highest BCUT2D eigenvalue weighted by atomic mass is 35.5. The molecule has 2 amide bonds. The smallest absolute Gasteiger partial charge is 0.232 e. The number of aromatic nitrogens is 2. The largest absolute Gasteiger partial charge is 0.338 e. The van der Waals surface area contributed by atoms with Crippen molar-refractivity contribution in [2.75, 3.05) is 11.9 Å². The van der Waals surface area contributed by atoms with Crippen molar-refractivity contribution >= 4 is 40.4 Å². The number of H-pyrrole nitrogens is 1. The Bertz CT molecular complexity index is 934. The van der Waals surface area contributed by atoms with Gasteiger partial charge in [0.05, 0.1) is 17.0 Å². The maximum atomic E-state index is 12.5. The molecule has 1 atom stereocenters. The van der Waals surface area contributed by atoms with Gasteiger partial charge in [-0.15, -0.1) is 0 Å². The van der Waals surface area contributed by atoms with Crippen molar-refractivity contribution in [2.24, 2.45) is 5.92 Å². The van der Waals surface area contributed by atoms with E-state index in [1.54, 1.807) is 17.0 Å². The molecule has 132 valence electrons. The van der Waals surface area contributed by atoms with Crippen molar-refractivity contribution in [1.82, 2.24) is 14.9 Å². The predicted molar refractivity (Wildman–Crippen MR) is 99.7 cm³/mol. The number of aromatic amines is 1. The lowest BCUT2D eigenvalue weighted by molar-refractivity contribution is -0.128. The van der Waals surface area contributed by atoms with E-state index in [1.165, 1.54) is 0 Å². The number of halogens is 1. The van der Waals surface area contributed by atoms with E-state index in [9.17, 15) is 9.59 Å². The summed E-state index contributed by atoms with van der Waals surface area (Å²) in [5.41, 5.74) is 2.63. The normalized spacial score (nSPS) is 17.0. The quantitative estimate of drug-likeness (QED) is 0.742. The maximum Gasteiger partial charge on any atom is 0.232 e. The first-order valence-corrected chi connectivity index (χ1v) is 8.74. The summed E-state index contributed by atoms with van der Waals surface area (Å²) in [6.45, 7) is 0.873. The number of nitrogens with one attached hydrogen (secondary N) is 2. The van der Waals surface area contributed by atoms with Gasteiger partial charge < -0.3 is 9.88 Å². The number of carbonyl (C=O) groups excluding carboxylic acids is 2. The number of fused-ring (bicyclic) bond motifs is 1. The highest BCUT2D eigenvalue weighted by Gasteiger charge is 2.34. The molecule has 1 aliphatic heterocycles. The summed E-state index contributed by atoms with van der Waals surface area (Å²) in [7, 11) is 0. The molecule has 1 unspecified atom stereocenters. The molecule has 2 N–H and O–H groups in total. The first-order chi connectivity index (χ1) is 12.6. The number of nitrogens with zero attached hydrogens (tertiary/aromatic N) is 2. The predicted octanol–water partition coefficient (Wildman–Crippen LogP) is 3.20. The Morgan fingerprint density at radius 2 is 2.00 bits per heavy atom. The number of imidazole rings is 1. The molecule has 1 fully saturated rings. The third kappa shape index (κ3) is 3.41. The summed E-state index contributed by atoms with van der Waals surface area (Å²) in [5, 5.41) is 3.44. The van der Waals surface area contributed by atoms with Gasteiger partial charge in [-0.05, 0) is 29.8 Å². The molecule has 0 radical (unpaired) electrons. The summed E-state index contributed by atoms with van der Waals surface area (Å²) in [6.07, 6.45) is 0.208. The van der Waals surface area contributed by atoms with Crippen molar-refractivity contribution in [3.63, 3.8) is 0 Å². The second-order valence-electron chi connectivity index (χ2n) is 6.39. The van der Waals surface area contributed by atoms with Crippen LogP contribution in [0.15, 0.2) is 48.5 Å². The van der Waals surface area contributed by atoms with Gasteiger partial charge >= 0.3 is 0 Å². The van der Waals surface area contributed by atoms with Crippen molar-refractivity contribution in [1.29, 1.82) is 0 Å². The molecule has 2 aromatic carbocycles. The summed E-state index contributed by atoms with van der Waals surface area (Å²) in [6, 6.07) is 14.9. The molecule has 1 aliphatic rings. The Balaban J connectivity index is 1.40. The average molecular weight is 369 g/mol. The van der Waals surface area contributed by atoms with Crippen LogP contribution in [-0.2, 0) is 16.1 Å². The number of para-hydroxylation sites is 2. The van der Waals surface area contributed by atoms with Gasteiger partial charge in [-0.1, -0.05) is 35.9 Å². The van der Waals surface area contributed by atoms with Crippen LogP contribution in [0.5, 0.6) is 0 Å². The number of amides is 2. The fourth-order valence-corrected chi connectivity index (χ4v) is 3.27. The molecule has 1 aromatic heterocycles.